The first-order chi connectivity index (χ1) is 10.1. The lowest BCUT2D eigenvalue weighted by Crippen LogP contribution is -2.36. The van der Waals surface area contributed by atoms with Gasteiger partial charge >= 0.3 is 0 Å². The SMILES string of the molecule is N#Cc1ncccc1S(=O)(=O)N1CCCN(CCO)CC1. The van der Waals surface area contributed by atoms with Crippen molar-refractivity contribution in [3.8, 4) is 6.07 Å². The fourth-order valence-electron chi connectivity index (χ4n) is 2.37. The van der Waals surface area contributed by atoms with Crippen LogP contribution in [0.3, 0.4) is 0 Å². The molecule has 1 aliphatic rings. The Bertz CT molecular complexity index is 627. The van der Waals surface area contributed by atoms with Crippen molar-refractivity contribution in [1.29, 1.82) is 5.26 Å². The number of nitrogens with zero attached hydrogens (tertiary/aromatic N) is 4. The molecule has 0 aliphatic carbocycles. The Balaban J connectivity index is 2.22. The summed E-state index contributed by atoms with van der Waals surface area (Å²) in [5, 5.41) is 18.0. The number of aliphatic hydroxyl groups is 1. The van der Waals surface area contributed by atoms with Crippen LogP contribution in [-0.4, -0.2) is 67.0 Å². The predicted molar refractivity (Wildman–Crippen MR) is 75.9 cm³/mol. The van der Waals surface area contributed by atoms with E-state index in [-0.39, 0.29) is 17.2 Å². The third-order valence-corrected chi connectivity index (χ3v) is 5.39. The molecule has 0 amide bonds. The second kappa shape index (κ2) is 6.95. The first-order valence-corrected chi connectivity index (χ1v) is 8.22. The van der Waals surface area contributed by atoms with E-state index in [4.69, 9.17) is 10.4 Å². The zero-order valence-electron chi connectivity index (χ0n) is 11.6. The lowest BCUT2D eigenvalue weighted by Gasteiger charge is -2.21. The number of hydrogen-bond donors (Lipinski definition) is 1. The van der Waals surface area contributed by atoms with E-state index in [1.165, 1.54) is 22.6 Å². The van der Waals surface area contributed by atoms with E-state index in [1.54, 1.807) is 0 Å². The lowest BCUT2D eigenvalue weighted by molar-refractivity contribution is 0.202. The first kappa shape index (κ1) is 15.9. The van der Waals surface area contributed by atoms with Gasteiger partial charge in [0.05, 0.1) is 6.61 Å². The van der Waals surface area contributed by atoms with E-state index in [0.717, 1.165) is 6.54 Å². The predicted octanol–water partition coefficient (Wildman–Crippen LogP) is -0.358. The third-order valence-electron chi connectivity index (χ3n) is 3.46. The highest BCUT2D eigenvalue weighted by Gasteiger charge is 2.29. The number of sulfonamides is 1. The number of nitriles is 1. The molecule has 1 fully saturated rings. The summed E-state index contributed by atoms with van der Waals surface area (Å²) < 4.78 is 26.7. The molecular formula is C13H18N4O3S. The molecule has 7 nitrogen and oxygen atoms in total. The Hall–Kier alpha value is -1.53. The molecule has 0 aromatic carbocycles. The molecule has 0 bridgehead atoms. The Morgan fingerprint density at radius 3 is 2.86 bits per heavy atom. The summed E-state index contributed by atoms with van der Waals surface area (Å²) in [5.41, 5.74) is -0.0750. The van der Waals surface area contributed by atoms with Gasteiger partial charge in [0.25, 0.3) is 0 Å². The van der Waals surface area contributed by atoms with Gasteiger partial charge in [-0.05, 0) is 25.1 Å². The molecule has 1 saturated heterocycles. The third kappa shape index (κ3) is 3.57. The maximum absolute atomic E-state index is 12.7. The van der Waals surface area contributed by atoms with Crippen molar-refractivity contribution in [1.82, 2.24) is 14.2 Å². The van der Waals surface area contributed by atoms with E-state index in [9.17, 15) is 8.42 Å². The van der Waals surface area contributed by atoms with Crippen LogP contribution in [0.25, 0.3) is 0 Å². The highest BCUT2D eigenvalue weighted by Crippen LogP contribution is 2.19. The van der Waals surface area contributed by atoms with Crippen molar-refractivity contribution in [2.24, 2.45) is 0 Å². The molecule has 114 valence electrons. The van der Waals surface area contributed by atoms with Crippen LogP contribution in [0.15, 0.2) is 23.2 Å². The normalized spacial score (nSPS) is 18.1. The van der Waals surface area contributed by atoms with Gasteiger partial charge in [0, 0.05) is 32.4 Å². The molecule has 1 aromatic rings. The maximum Gasteiger partial charge on any atom is 0.246 e. The minimum Gasteiger partial charge on any atom is -0.395 e. The molecule has 21 heavy (non-hydrogen) atoms. The lowest BCUT2D eigenvalue weighted by atomic mass is 10.4. The summed E-state index contributed by atoms with van der Waals surface area (Å²) >= 11 is 0. The molecule has 1 N–H and O–H groups in total. The Morgan fingerprint density at radius 1 is 1.33 bits per heavy atom. The number of pyridine rings is 1. The van der Waals surface area contributed by atoms with Crippen LogP contribution < -0.4 is 0 Å². The molecule has 1 aromatic heterocycles. The second-order valence-corrected chi connectivity index (χ2v) is 6.69. The van der Waals surface area contributed by atoms with Crippen molar-refractivity contribution in [3.05, 3.63) is 24.0 Å². The number of aromatic nitrogens is 1. The first-order valence-electron chi connectivity index (χ1n) is 6.78. The van der Waals surface area contributed by atoms with Crippen molar-refractivity contribution < 1.29 is 13.5 Å². The van der Waals surface area contributed by atoms with Gasteiger partial charge in [-0.3, -0.25) is 4.90 Å². The van der Waals surface area contributed by atoms with Crippen LogP contribution in [0.2, 0.25) is 0 Å². The Morgan fingerprint density at radius 2 is 2.14 bits per heavy atom. The topological polar surface area (TPSA) is 97.5 Å². The minimum atomic E-state index is -3.71. The van der Waals surface area contributed by atoms with Crippen LogP contribution >= 0.6 is 0 Å². The smallest absolute Gasteiger partial charge is 0.246 e. The largest absolute Gasteiger partial charge is 0.395 e. The molecule has 0 saturated carbocycles. The summed E-state index contributed by atoms with van der Waals surface area (Å²) in [6.45, 7) is 2.69. The highest BCUT2D eigenvalue weighted by molar-refractivity contribution is 7.89. The van der Waals surface area contributed by atoms with Crippen LogP contribution in [0.4, 0.5) is 0 Å². The number of rotatable bonds is 4. The molecule has 0 atom stereocenters. The van der Waals surface area contributed by atoms with Crippen molar-refractivity contribution in [2.75, 3.05) is 39.3 Å². The quantitative estimate of drug-likeness (QED) is 0.816. The minimum absolute atomic E-state index is 0.0388. The van der Waals surface area contributed by atoms with Crippen molar-refractivity contribution >= 4 is 10.0 Å². The Labute approximate surface area is 124 Å². The van der Waals surface area contributed by atoms with Gasteiger partial charge in [-0.25, -0.2) is 13.4 Å². The summed E-state index contributed by atoms with van der Waals surface area (Å²) in [6.07, 6.45) is 2.10. The van der Waals surface area contributed by atoms with E-state index >= 15 is 0 Å². The molecule has 2 rings (SSSR count). The van der Waals surface area contributed by atoms with E-state index in [0.29, 0.717) is 32.6 Å². The van der Waals surface area contributed by atoms with Crippen LogP contribution in [0, 0.1) is 11.3 Å². The number of aliphatic hydroxyl groups excluding tert-OH is 1. The summed E-state index contributed by atoms with van der Waals surface area (Å²) in [4.78, 5) is 5.81. The fourth-order valence-corrected chi connectivity index (χ4v) is 3.94. The fraction of sp³-hybridized carbons (Fsp3) is 0.538. The zero-order valence-corrected chi connectivity index (χ0v) is 12.5. The van der Waals surface area contributed by atoms with Gasteiger partial charge in [0.2, 0.25) is 10.0 Å². The molecule has 0 spiro atoms. The summed E-state index contributed by atoms with van der Waals surface area (Å²) in [5.74, 6) is 0. The van der Waals surface area contributed by atoms with Crippen LogP contribution in [-0.2, 0) is 10.0 Å². The van der Waals surface area contributed by atoms with E-state index in [1.807, 2.05) is 11.0 Å². The van der Waals surface area contributed by atoms with Gasteiger partial charge < -0.3 is 5.11 Å². The molecule has 0 unspecified atom stereocenters. The number of β-amino-alcohol motifs (C(OH)–C–C–N with tert-alkyl or cyclic N) is 1. The average Bonchev–Trinajstić information content (AvgIpc) is 2.74. The number of hydrogen-bond acceptors (Lipinski definition) is 6. The van der Waals surface area contributed by atoms with Gasteiger partial charge in [0.1, 0.15) is 11.0 Å². The second-order valence-electron chi connectivity index (χ2n) is 4.78. The van der Waals surface area contributed by atoms with Gasteiger partial charge in [-0.2, -0.15) is 9.57 Å². The molecule has 1 aliphatic heterocycles. The van der Waals surface area contributed by atoms with Gasteiger partial charge in [-0.1, -0.05) is 0 Å². The van der Waals surface area contributed by atoms with Crippen LogP contribution in [0.1, 0.15) is 12.1 Å². The Kier molecular flexibility index (Phi) is 5.25. The van der Waals surface area contributed by atoms with Gasteiger partial charge in [-0.15, -0.1) is 0 Å². The van der Waals surface area contributed by atoms with E-state index in [2.05, 4.69) is 4.98 Å². The molecule has 2 heterocycles. The average molecular weight is 310 g/mol. The van der Waals surface area contributed by atoms with Gasteiger partial charge in [0.15, 0.2) is 5.69 Å². The monoisotopic (exact) mass is 310 g/mol. The summed E-state index contributed by atoms with van der Waals surface area (Å²) in [7, 11) is -3.71. The van der Waals surface area contributed by atoms with Crippen molar-refractivity contribution in [3.63, 3.8) is 0 Å². The maximum atomic E-state index is 12.7. The highest BCUT2D eigenvalue weighted by atomic mass is 32.2. The van der Waals surface area contributed by atoms with E-state index < -0.39 is 10.0 Å². The van der Waals surface area contributed by atoms with Crippen LogP contribution in [0.5, 0.6) is 0 Å². The molecular weight excluding hydrogens is 292 g/mol. The molecule has 8 heteroatoms. The summed E-state index contributed by atoms with van der Waals surface area (Å²) in [6, 6.07) is 4.76. The standard InChI is InChI=1S/C13H18N4O3S/c14-11-12-13(3-1-4-15-12)21(19,20)17-6-2-5-16(7-8-17)9-10-18/h1,3-4,18H,2,5-10H2. The zero-order chi connectivity index (χ0) is 15.3. The van der Waals surface area contributed by atoms with Crippen molar-refractivity contribution in [2.45, 2.75) is 11.3 Å². The molecule has 0 radical (unpaired) electrons.